The highest BCUT2D eigenvalue weighted by molar-refractivity contribution is 6.09. The van der Waals surface area contributed by atoms with Crippen LogP contribution >= 0.6 is 0 Å². The van der Waals surface area contributed by atoms with Crippen molar-refractivity contribution in [3.63, 3.8) is 0 Å². The maximum Gasteiger partial charge on any atom is 0.273 e. The molecule has 4 rings (SSSR count). The molecular formula is C19H16N2O5. The van der Waals surface area contributed by atoms with E-state index in [2.05, 4.69) is 0 Å². The summed E-state index contributed by atoms with van der Waals surface area (Å²) in [5.74, 6) is -0.0576. The molecule has 0 aromatic heterocycles. The van der Waals surface area contributed by atoms with Crippen LogP contribution in [0.2, 0.25) is 0 Å². The smallest absolute Gasteiger partial charge is 0.273 e. The van der Waals surface area contributed by atoms with Crippen LogP contribution < -0.4 is 0 Å². The monoisotopic (exact) mass is 352 g/mol. The molecule has 0 amide bonds. The standard InChI is InChI=1S/C19H16N2O5/c22-19(13-5-7-15(11-1-2-11)17(9-13)20(23)24)14-6-8-16(12-3-4-12)18(10-14)21(25)26/h5-12H,1-4H2. The van der Waals surface area contributed by atoms with Gasteiger partial charge in [-0.25, -0.2) is 0 Å². The predicted molar refractivity (Wildman–Crippen MR) is 93.6 cm³/mol. The third kappa shape index (κ3) is 2.96. The molecule has 2 aromatic carbocycles. The normalized spacial score (nSPS) is 16.3. The van der Waals surface area contributed by atoms with Gasteiger partial charge in [0.05, 0.1) is 9.85 Å². The molecule has 132 valence electrons. The maximum atomic E-state index is 12.7. The first-order chi connectivity index (χ1) is 12.5. The summed E-state index contributed by atoms with van der Waals surface area (Å²) in [6.07, 6.45) is 3.68. The van der Waals surface area contributed by atoms with Gasteiger partial charge in [0.1, 0.15) is 0 Å². The Bertz CT molecular complexity index is 869. The van der Waals surface area contributed by atoms with Gasteiger partial charge < -0.3 is 0 Å². The third-order valence-electron chi connectivity index (χ3n) is 5.01. The second-order valence-electron chi connectivity index (χ2n) is 6.94. The Morgan fingerprint density at radius 2 is 1.15 bits per heavy atom. The number of nitro benzene ring substituents is 2. The van der Waals surface area contributed by atoms with Crippen LogP contribution in [0.15, 0.2) is 36.4 Å². The minimum atomic E-state index is -0.469. The first-order valence-electron chi connectivity index (χ1n) is 8.57. The summed E-state index contributed by atoms with van der Waals surface area (Å²) in [7, 11) is 0. The van der Waals surface area contributed by atoms with Crippen molar-refractivity contribution in [2.45, 2.75) is 37.5 Å². The van der Waals surface area contributed by atoms with Gasteiger partial charge in [-0.15, -0.1) is 0 Å². The van der Waals surface area contributed by atoms with Crippen molar-refractivity contribution >= 4 is 17.2 Å². The van der Waals surface area contributed by atoms with Gasteiger partial charge in [-0.3, -0.25) is 25.0 Å². The molecule has 2 aliphatic carbocycles. The van der Waals surface area contributed by atoms with E-state index in [1.807, 2.05) is 0 Å². The Balaban J connectivity index is 1.71. The largest absolute Gasteiger partial charge is 0.289 e. The van der Waals surface area contributed by atoms with Gasteiger partial charge in [-0.1, -0.05) is 24.3 Å². The lowest BCUT2D eigenvalue weighted by Crippen LogP contribution is -2.05. The summed E-state index contributed by atoms with van der Waals surface area (Å²) in [5.41, 5.74) is 1.55. The van der Waals surface area contributed by atoms with E-state index in [1.165, 1.54) is 12.1 Å². The van der Waals surface area contributed by atoms with Gasteiger partial charge in [0.2, 0.25) is 0 Å². The predicted octanol–water partition coefficient (Wildman–Crippen LogP) is 4.49. The van der Waals surface area contributed by atoms with E-state index >= 15 is 0 Å². The van der Waals surface area contributed by atoms with E-state index < -0.39 is 15.6 Å². The van der Waals surface area contributed by atoms with E-state index in [1.54, 1.807) is 24.3 Å². The van der Waals surface area contributed by atoms with E-state index in [-0.39, 0.29) is 34.3 Å². The van der Waals surface area contributed by atoms with Crippen molar-refractivity contribution < 1.29 is 14.6 Å². The van der Waals surface area contributed by atoms with Crippen molar-refractivity contribution in [3.8, 4) is 0 Å². The van der Waals surface area contributed by atoms with Gasteiger partial charge >= 0.3 is 0 Å². The molecule has 0 bridgehead atoms. The summed E-state index contributed by atoms with van der Waals surface area (Å²) in [5, 5.41) is 22.7. The zero-order valence-corrected chi connectivity index (χ0v) is 13.9. The molecule has 26 heavy (non-hydrogen) atoms. The van der Waals surface area contributed by atoms with Crippen LogP contribution in [0.3, 0.4) is 0 Å². The zero-order valence-electron chi connectivity index (χ0n) is 13.9. The lowest BCUT2D eigenvalue weighted by atomic mass is 9.97. The van der Waals surface area contributed by atoms with Crippen molar-refractivity contribution in [2.24, 2.45) is 0 Å². The number of benzene rings is 2. The van der Waals surface area contributed by atoms with Crippen molar-refractivity contribution in [1.29, 1.82) is 0 Å². The average Bonchev–Trinajstić information content (AvgIpc) is 3.52. The van der Waals surface area contributed by atoms with Gasteiger partial charge in [0.15, 0.2) is 5.78 Å². The topological polar surface area (TPSA) is 103 Å². The molecular weight excluding hydrogens is 336 g/mol. The van der Waals surface area contributed by atoms with Crippen LogP contribution in [0.4, 0.5) is 11.4 Å². The molecule has 0 heterocycles. The van der Waals surface area contributed by atoms with E-state index in [0.29, 0.717) is 11.1 Å². The Labute approximate surface area is 148 Å². The van der Waals surface area contributed by atoms with Gasteiger partial charge in [-0.2, -0.15) is 0 Å². The molecule has 0 aliphatic heterocycles. The number of nitrogens with zero attached hydrogens (tertiary/aromatic N) is 2. The van der Waals surface area contributed by atoms with E-state index in [0.717, 1.165) is 25.7 Å². The molecule has 2 fully saturated rings. The van der Waals surface area contributed by atoms with Crippen LogP contribution in [0, 0.1) is 20.2 Å². The first kappa shape index (κ1) is 16.4. The number of ketones is 1. The molecule has 0 saturated heterocycles. The molecule has 0 atom stereocenters. The molecule has 7 nitrogen and oxygen atoms in total. The van der Waals surface area contributed by atoms with Crippen LogP contribution in [0.25, 0.3) is 0 Å². The number of rotatable bonds is 6. The van der Waals surface area contributed by atoms with Crippen LogP contribution in [0.1, 0.15) is 64.6 Å². The van der Waals surface area contributed by atoms with Gasteiger partial charge in [0, 0.05) is 34.4 Å². The lowest BCUT2D eigenvalue weighted by Gasteiger charge is -2.07. The highest BCUT2D eigenvalue weighted by Gasteiger charge is 2.33. The SMILES string of the molecule is O=C(c1ccc(C2CC2)c([N+](=O)[O-])c1)c1ccc(C2CC2)c([N+](=O)[O-])c1. The summed E-state index contributed by atoms with van der Waals surface area (Å²) in [4.78, 5) is 34.5. The van der Waals surface area contributed by atoms with Crippen LogP contribution in [-0.2, 0) is 0 Å². The summed E-state index contributed by atoms with van der Waals surface area (Å²) in [6, 6.07) is 8.99. The van der Waals surface area contributed by atoms with Gasteiger partial charge in [0.25, 0.3) is 11.4 Å². The van der Waals surface area contributed by atoms with Crippen LogP contribution in [-0.4, -0.2) is 15.6 Å². The molecule has 2 aliphatic rings. The summed E-state index contributed by atoms with van der Waals surface area (Å²) >= 11 is 0. The molecule has 2 aromatic rings. The fourth-order valence-corrected chi connectivity index (χ4v) is 3.33. The Kier molecular flexibility index (Phi) is 3.79. The number of nitro groups is 2. The molecule has 0 unspecified atom stereocenters. The van der Waals surface area contributed by atoms with Crippen molar-refractivity contribution in [3.05, 3.63) is 78.9 Å². The molecule has 0 radical (unpaired) electrons. The fraction of sp³-hybridized carbons (Fsp3) is 0.316. The second kappa shape index (κ2) is 6.01. The molecule has 7 heteroatoms. The second-order valence-corrected chi connectivity index (χ2v) is 6.94. The summed E-state index contributed by atoms with van der Waals surface area (Å²) < 4.78 is 0. The van der Waals surface area contributed by atoms with Gasteiger partial charge in [-0.05, 0) is 37.5 Å². The average molecular weight is 352 g/mol. The molecule has 0 N–H and O–H groups in total. The van der Waals surface area contributed by atoms with E-state index in [4.69, 9.17) is 0 Å². The molecule has 0 spiro atoms. The summed E-state index contributed by atoms with van der Waals surface area (Å²) in [6.45, 7) is 0. The lowest BCUT2D eigenvalue weighted by molar-refractivity contribution is -0.385. The highest BCUT2D eigenvalue weighted by Crippen LogP contribution is 2.45. The first-order valence-corrected chi connectivity index (χ1v) is 8.57. The molecule has 2 saturated carbocycles. The third-order valence-corrected chi connectivity index (χ3v) is 5.01. The zero-order chi connectivity index (χ0) is 18.4. The van der Waals surface area contributed by atoms with Crippen LogP contribution in [0.5, 0.6) is 0 Å². The number of carbonyl (C=O) groups excluding carboxylic acids is 1. The fourth-order valence-electron chi connectivity index (χ4n) is 3.33. The number of hydrogen-bond donors (Lipinski definition) is 0. The van der Waals surface area contributed by atoms with Crippen molar-refractivity contribution in [1.82, 2.24) is 0 Å². The quantitative estimate of drug-likeness (QED) is 0.433. The Hall–Kier alpha value is -3.09. The number of carbonyl (C=O) groups is 1. The van der Waals surface area contributed by atoms with E-state index in [9.17, 15) is 25.0 Å². The highest BCUT2D eigenvalue weighted by atomic mass is 16.6. The Morgan fingerprint density at radius 1 is 0.769 bits per heavy atom. The van der Waals surface area contributed by atoms with Crippen molar-refractivity contribution in [2.75, 3.05) is 0 Å². The minimum Gasteiger partial charge on any atom is -0.289 e. The number of hydrogen-bond acceptors (Lipinski definition) is 5. The minimum absolute atomic E-state index is 0.0533. The Morgan fingerprint density at radius 3 is 1.46 bits per heavy atom. The maximum absolute atomic E-state index is 12.7.